The summed E-state index contributed by atoms with van der Waals surface area (Å²) in [5, 5.41) is 4.48. The predicted molar refractivity (Wildman–Crippen MR) is 90.0 cm³/mol. The molecule has 2 rings (SSSR count). The molecular weight excluding hydrogens is 282 g/mol. The van der Waals surface area contributed by atoms with Crippen LogP contribution in [0.3, 0.4) is 0 Å². The van der Waals surface area contributed by atoms with Crippen molar-refractivity contribution in [3.05, 3.63) is 34.3 Å². The standard InChI is InChI=1S/C18H28ClNO/c1-7-20-16(13-9-8-12(2)10-15(13)19)14-11-17(3,4)21-18(14,5)6/h8-10,14,16,20H,7,11H2,1-6H3. The summed E-state index contributed by atoms with van der Waals surface area (Å²) in [6.07, 6.45) is 1.03. The molecule has 0 radical (unpaired) electrons. The molecule has 1 N–H and O–H groups in total. The Labute approximate surface area is 134 Å². The molecule has 0 spiro atoms. The van der Waals surface area contributed by atoms with E-state index in [9.17, 15) is 0 Å². The summed E-state index contributed by atoms with van der Waals surface area (Å²) < 4.78 is 6.28. The van der Waals surface area contributed by atoms with Gasteiger partial charge in [-0.3, -0.25) is 0 Å². The van der Waals surface area contributed by atoms with Gasteiger partial charge in [-0.05, 0) is 64.8 Å². The van der Waals surface area contributed by atoms with E-state index in [4.69, 9.17) is 16.3 Å². The predicted octanol–water partition coefficient (Wildman–Crippen LogP) is 4.89. The van der Waals surface area contributed by atoms with Crippen LogP contribution in [0, 0.1) is 12.8 Å². The summed E-state index contributed by atoms with van der Waals surface area (Å²) in [5.74, 6) is 0.396. The van der Waals surface area contributed by atoms with Gasteiger partial charge < -0.3 is 10.1 Å². The molecule has 1 saturated heterocycles. The van der Waals surface area contributed by atoms with Crippen LogP contribution in [0.25, 0.3) is 0 Å². The molecule has 118 valence electrons. The van der Waals surface area contributed by atoms with Gasteiger partial charge in [0, 0.05) is 17.0 Å². The Morgan fingerprint density at radius 3 is 2.48 bits per heavy atom. The van der Waals surface area contributed by atoms with Crippen molar-refractivity contribution < 1.29 is 4.74 Å². The molecule has 1 aromatic carbocycles. The molecule has 21 heavy (non-hydrogen) atoms. The second-order valence-corrected chi connectivity index (χ2v) is 7.74. The van der Waals surface area contributed by atoms with Crippen LogP contribution >= 0.6 is 11.6 Å². The Morgan fingerprint density at radius 2 is 2.00 bits per heavy atom. The van der Waals surface area contributed by atoms with Crippen molar-refractivity contribution in [2.75, 3.05) is 6.54 Å². The lowest BCUT2D eigenvalue weighted by Gasteiger charge is -2.34. The average Bonchev–Trinajstić information content (AvgIpc) is 2.55. The zero-order chi connectivity index (χ0) is 15.8. The number of nitrogens with one attached hydrogen (secondary N) is 1. The van der Waals surface area contributed by atoms with Crippen molar-refractivity contribution in [3.63, 3.8) is 0 Å². The van der Waals surface area contributed by atoms with Crippen LogP contribution in [0.15, 0.2) is 18.2 Å². The van der Waals surface area contributed by atoms with E-state index in [0.717, 1.165) is 18.0 Å². The molecular formula is C18H28ClNO. The van der Waals surface area contributed by atoms with E-state index in [1.807, 2.05) is 0 Å². The maximum absolute atomic E-state index is 6.52. The first-order valence-corrected chi connectivity index (χ1v) is 8.24. The Morgan fingerprint density at radius 1 is 1.33 bits per heavy atom. The van der Waals surface area contributed by atoms with Gasteiger partial charge in [-0.1, -0.05) is 30.7 Å². The summed E-state index contributed by atoms with van der Waals surface area (Å²) in [4.78, 5) is 0. The molecule has 0 aromatic heterocycles. The first kappa shape index (κ1) is 16.8. The smallest absolute Gasteiger partial charge is 0.0681 e. The number of benzene rings is 1. The van der Waals surface area contributed by atoms with Gasteiger partial charge in [0.25, 0.3) is 0 Å². The SMILES string of the molecule is CCNC(c1ccc(C)cc1Cl)C1CC(C)(C)OC1(C)C. The number of hydrogen-bond acceptors (Lipinski definition) is 2. The van der Waals surface area contributed by atoms with Crippen LogP contribution in [-0.4, -0.2) is 17.7 Å². The normalized spacial score (nSPS) is 25.0. The monoisotopic (exact) mass is 309 g/mol. The minimum atomic E-state index is -0.162. The summed E-state index contributed by atoms with van der Waals surface area (Å²) in [6.45, 7) is 13.9. The lowest BCUT2D eigenvalue weighted by molar-refractivity contribution is -0.0778. The van der Waals surface area contributed by atoms with Gasteiger partial charge in [0.05, 0.1) is 11.2 Å². The van der Waals surface area contributed by atoms with E-state index in [1.54, 1.807) is 0 Å². The highest BCUT2D eigenvalue weighted by molar-refractivity contribution is 6.31. The molecule has 0 amide bonds. The van der Waals surface area contributed by atoms with Crippen LogP contribution < -0.4 is 5.32 Å². The molecule has 1 fully saturated rings. The van der Waals surface area contributed by atoms with Gasteiger partial charge in [-0.2, -0.15) is 0 Å². The van der Waals surface area contributed by atoms with Crippen molar-refractivity contribution in [3.8, 4) is 0 Å². The van der Waals surface area contributed by atoms with Crippen molar-refractivity contribution in [2.45, 2.75) is 65.2 Å². The number of ether oxygens (including phenoxy) is 1. The first-order chi connectivity index (χ1) is 9.66. The molecule has 0 saturated carbocycles. The second kappa shape index (κ2) is 5.91. The third-order valence-electron chi connectivity index (χ3n) is 4.46. The van der Waals surface area contributed by atoms with Crippen LogP contribution in [0.5, 0.6) is 0 Å². The van der Waals surface area contributed by atoms with Gasteiger partial charge >= 0.3 is 0 Å². The van der Waals surface area contributed by atoms with E-state index in [0.29, 0.717) is 5.92 Å². The third kappa shape index (κ3) is 3.61. The van der Waals surface area contributed by atoms with Crippen LogP contribution in [-0.2, 0) is 4.74 Å². The molecule has 0 bridgehead atoms. The topological polar surface area (TPSA) is 21.3 Å². The zero-order valence-corrected chi connectivity index (χ0v) is 14.8. The maximum atomic E-state index is 6.52. The van der Waals surface area contributed by atoms with E-state index < -0.39 is 0 Å². The van der Waals surface area contributed by atoms with Gasteiger partial charge in [0.1, 0.15) is 0 Å². The second-order valence-electron chi connectivity index (χ2n) is 7.34. The Balaban J connectivity index is 2.39. The Bertz CT molecular complexity index is 510. The number of halogens is 1. The lowest BCUT2D eigenvalue weighted by atomic mass is 9.78. The molecule has 1 heterocycles. The molecule has 2 nitrogen and oxygen atoms in total. The average molecular weight is 310 g/mol. The highest BCUT2D eigenvalue weighted by Gasteiger charge is 2.49. The lowest BCUT2D eigenvalue weighted by Crippen LogP contribution is -2.38. The fraction of sp³-hybridized carbons (Fsp3) is 0.667. The summed E-state index contributed by atoms with van der Waals surface area (Å²) in [5.41, 5.74) is 2.13. The molecule has 1 aliphatic rings. The minimum Gasteiger partial charge on any atom is -0.369 e. The highest BCUT2D eigenvalue weighted by atomic mass is 35.5. The molecule has 1 aromatic rings. The van der Waals surface area contributed by atoms with Crippen molar-refractivity contribution >= 4 is 11.6 Å². The summed E-state index contributed by atoms with van der Waals surface area (Å²) in [7, 11) is 0. The fourth-order valence-corrected chi connectivity index (χ4v) is 4.05. The molecule has 3 heteroatoms. The van der Waals surface area contributed by atoms with Crippen molar-refractivity contribution in [1.82, 2.24) is 5.32 Å². The van der Waals surface area contributed by atoms with Crippen LogP contribution in [0.4, 0.5) is 0 Å². The molecule has 0 aliphatic carbocycles. The Kier molecular flexibility index (Phi) is 4.72. The molecule has 2 unspecified atom stereocenters. The quantitative estimate of drug-likeness (QED) is 0.854. The van der Waals surface area contributed by atoms with E-state index >= 15 is 0 Å². The van der Waals surface area contributed by atoms with E-state index in [-0.39, 0.29) is 17.2 Å². The number of hydrogen-bond donors (Lipinski definition) is 1. The minimum absolute atomic E-state index is 0.0843. The first-order valence-electron chi connectivity index (χ1n) is 7.86. The van der Waals surface area contributed by atoms with Gasteiger partial charge in [0.2, 0.25) is 0 Å². The maximum Gasteiger partial charge on any atom is 0.0681 e. The largest absolute Gasteiger partial charge is 0.369 e. The summed E-state index contributed by atoms with van der Waals surface area (Å²) in [6, 6.07) is 6.57. The van der Waals surface area contributed by atoms with Crippen LogP contribution in [0.1, 0.15) is 58.2 Å². The summed E-state index contributed by atoms with van der Waals surface area (Å²) >= 11 is 6.52. The van der Waals surface area contributed by atoms with Crippen LogP contribution in [0.2, 0.25) is 5.02 Å². The van der Waals surface area contributed by atoms with Gasteiger partial charge in [0.15, 0.2) is 0 Å². The van der Waals surface area contributed by atoms with Crippen molar-refractivity contribution in [1.29, 1.82) is 0 Å². The zero-order valence-electron chi connectivity index (χ0n) is 14.1. The van der Waals surface area contributed by atoms with Gasteiger partial charge in [-0.25, -0.2) is 0 Å². The Hall–Kier alpha value is -0.570. The number of aryl methyl sites for hydroxylation is 1. The number of rotatable bonds is 4. The molecule has 2 atom stereocenters. The highest BCUT2D eigenvalue weighted by Crippen LogP contribution is 2.48. The van der Waals surface area contributed by atoms with Crippen molar-refractivity contribution in [2.24, 2.45) is 5.92 Å². The molecule has 1 aliphatic heterocycles. The van der Waals surface area contributed by atoms with E-state index in [2.05, 4.69) is 65.1 Å². The fourth-order valence-electron chi connectivity index (χ4n) is 3.70. The third-order valence-corrected chi connectivity index (χ3v) is 4.79. The van der Waals surface area contributed by atoms with E-state index in [1.165, 1.54) is 11.1 Å². The van der Waals surface area contributed by atoms with Gasteiger partial charge in [-0.15, -0.1) is 0 Å².